The summed E-state index contributed by atoms with van der Waals surface area (Å²) in [4.78, 5) is 15.5. The molecule has 0 aliphatic carbocycles. The van der Waals surface area contributed by atoms with Gasteiger partial charge in [-0.3, -0.25) is 5.43 Å². The SMILES string of the molecule is CC1OCCC1Sc1nc(NN)nc(N2CCCC2)n1. The van der Waals surface area contributed by atoms with Crippen LogP contribution in [0.1, 0.15) is 26.2 Å². The predicted molar refractivity (Wildman–Crippen MR) is 78.8 cm³/mol. The summed E-state index contributed by atoms with van der Waals surface area (Å²) in [6, 6.07) is 0. The van der Waals surface area contributed by atoms with Crippen molar-refractivity contribution in [1.29, 1.82) is 0 Å². The Labute approximate surface area is 122 Å². The Morgan fingerprint density at radius 1 is 1.30 bits per heavy atom. The third-order valence-electron chi connectivity index (χ3n) is 3.68. The third-order valence-corrected chi connectivity index (χ3v) is 5.00. The molecule has 0 aromatic carbocycles. The van der Waals surface area contributed by atoms with Crippen LogP contribution in [0.3, 0.4) is 0 Å². The molecule has 0 bridgehead atoms. The molecule has 2 atom stereocenters. The second-order valence-corrected chi connectivity index (χ2v) is 6.31. The maximum Gasteiger partial charge on any atom is 0.242 e. The van der Waals surface area contributed by atoms with Crippen LogP contribution in [0.5, 0.6) is 0 Å². The van der Waals surface area contributed by atoms with E-state index >= 15 is 0 Å². The van der Waals surface area contributed by atoms with Crippen molar-refractivity contribution in [3.8, 4) is 0 Å². The largest absolute Gasteiger partial charge is 0.377 e. The van der Waals surface area contributed by atoms with Crippen molar-refractivity contribution in [2.45, 2.75) is 42.7 Å². The second-order valence-electron chi connectivity index (χ2n) is 5.10. The predicted octanol–water partition coefficient (Wildman–Crippen LogP) is 1.03. The topological polar surface area (TPSA) is 89.2 Å². The zero-order valence-corrected chi connectivity index (χ0v) is 12.4. The number of nitrogens with zero attached hydrogens (tertiary/aromatic N) is 4. The van der Waals surface area contributed by atoms with Gasteiger partial charge in [0, 0.05) is 24.9 Å². The molecule has 0 spiro atoms. The lowest BCUT2D eigenvalue weighted by atomic mass is 10.3. The molecule has 1 aromatic heterocycles. The van der Waals surface area contributed by atoms with Crippen molar-refractivity contribution in [3.05, 3.63) is 0 Å². The minimum absolute atomic E-state index is 0.237. The molecule has 0 radical (unpaired) electrons. The summed E-state index contributed by atoms with van der Waals surface area (Å²) in [7, 11) is 0. The quantitative estimate of drug-likeness (QED) is 0.629. The van der Waals surface area contributed by atoms with Gasteiger partial charge in [0.2, 0.25) is 11.9 Å². The van der Waals surface area contributed by atoms with Gasteiger partial charge in [0.05, 0.1) is 6.10 Å². The molecule has 110 valence electrons. The molecular formula is C12H20N6OS. The van der Waals surface area contributed by atoms with Gasteiger partial charge in [-0.25, -0.2) is 5.84 Å². The molecule has 2 aliphatic heterocycles. The Kier molecular flexibility index (Phi) is 4.23. The van der Waals surface area contributed by atoms with Gasteiger partial charge in [0.1, 0.15) is 0 Å². The van der Waals surface area contributed by atoms with Crippen molar-refractivity contribution < 1.29 is 4.74 Å². The molecule has 2 fully saturated rings. The van der Waals surface area contributed by atoms with Gasteiger partial charge in [-0.05, 0) is 26.2 Å². The molecule has 2 aliphatic rings. The first-order chi connectivity index (χ1) is 9.76. The molecule has 3 N–H and O–H groups in total. The Morgan fingerprint density at radius 2 is 2.10 bits per heavy atom. The minimum atomic E-state index is 0.237. The van der Waals surface area contributed by atoms with Crippen molar-refractivity contribution in [2.24, 2.45) is 5.84 Å². The van der Waals surface area contributed by atoms with Gasteiger partial charge in [-0.15, -0.1) is 0 Å². The average Bonchev–Trinajstić information content (AvgIpc) is 3.11. The molecule has 20 heavy (non-hydrogen) atoms. The standard InChI is InChI=1S/C12H20N6OS/c1-8-9(4-7-19-8)20-12-15-10(17-13)14-11(16-12)18-5-2-3-6-18/h8-9H,2-7,13H2,1H3,(H,14,15,16,17). The highest BCUT2D eigenvalue weighted by Gasteiger charge is 2.27. The van der Waals surface area contributed by atoms with Crippen LogP contribution in [0.4, 0.5) is 11.9 Å². The van der Waals surface area contributed by atoms with Crippen molar-refractivity contribution in [1.82, 2.24) is 15.0 Å². The molecule has 2 unspecified atom stereocenters. The zero-order chi connectivity index (χ0) is 13.9. The van der Waals surface area contributed by atoms with E-state index in [4.69, 9.17) is 10.6 Å². The van der Waals surface area contributed by atoms with Crippen LogP contribution in [0.2, 0.25) is 0 Å². The highest BCUT2D eigenvalue weighted by molar-refractivity contribution is 7.99. The lowest BCUT2D eigenvalue weighted by Gasteiger charge is -2.17. The number of hydrogen-bond donors (Lipinski definition) is 2. The summed E-state index contributed by atoms with van der Waals surface area (Å²) < 4.78 is 5.58. The van der Waals surface area contributed by atoms with Crippen molar-refractivity contribution >= 4 is 23.7 Å². The highest BCUT2D eigenvalue weighted by Crippen LogP contribution is 2.31. The van der Waals surface area contributed by atoms with Crippen LogP contribution in [0.15, 0.2) is 5.16 Å². The summed E-state index contributed by atoms with van der Waals surface area (Å²) >= 11 is 1.65. The lowest BCUT2D eigenvalue weighted by molar-refractivity contribution is 0.127. The first kappa shape index (κ1) is 13.8. The average molecular weight is 296 g/mol. The number of aromatic nitrogens is 3. The van der Waals surface area contributed by atoms with E-state index in [0.29, 0.717) is 11.2 Å². The molecule has 7 nitrogen and oxygen atoms in total. The minimum Gasteiger partial charge on any atom is -0.377 e. The number of thioether (sulfide) groups is 1. The Hall–Kier alpha value is -1.12. The Balaban J connectivity index is 1.80. The normalized spacial score (nSPS) is 26.2. The molecule has 1 aromatic rings. The number of nitrogens with two attached hydrogens (primary N) is 1. The van der Waals surface area contributed by atoms with Gasteiger partial charge in [0.15, 0.2) is 5.16 Å². The van der Waals surface area contributed by atoms with Crippen LogP contribution >= 0.6 is 11.8 Å². The number of rotatable bonds is 4. The van der Waals surface area contributed by atoms with E-state index in [1.165, 1.54) is 12.8 Å². The van der Waals surface area contributed by atoms with Crippen LogP contribution in [0, 0.1) is 0 Å². The van der Waals surface area contributed by atoms with Crippen molar-refractivity contribution in [2.75, 3.05) is 30.0 Å². The fourth-order valence-electron chi connectivity index (χ4n) is 2.52. The van der Waals surface area contributed by atoms with Gasteiger partial charge in [0.25, 0.3) is 0 Å². The second kappa shape index (κ2) is 6.11. The molecule has 0 saturated carbocycles. The van der Waals surface area contributed by atoms with Crippen LogP contribution < -0.4 is 16.2 Å². The summed E-state index contributed by atoms with van der Waals surface area (Å²) in [6.07, 6.45) is 3.64. The first-order valence-electron chi connectivity index (χ1n) is 7.02. The monoisotopic (exact) mass is 296 g/mol. The summed E-state index contributed by atoms with van der Waals surface area (Å²) in [5, 5.41) is 1.12. The van der Waals surface area contributed by atoms with E-state index in [0.717, 1.165) is 37.2 Å². The Bertz CT molecular complexity index is 467. The van der Waals surface area contributed by atoms with Gasteiger partial charge < -0.3 is 9.64 Å². The third kappa shape index (κ3) is 2.97. The summed E-state index contributed by atoms with van der Waals surface area (Å²) in [5.41, 5.74) is 2.53. The van der Waals surface area contributed by atoms with Gasteiger partial charge in [-0.2, -0.15) is 15.0 Å². The van der Waals surface area contributed by atoms with E-state index in [-0.39, 0.29) is 6.10 Å². The van der Waals surface area contributed by atoms with Crippen LogP contribution in [0.25, 0.3) is 0 Å². The zero-order valence-electron chi connectivity index (χ0n) is 11.6. The number of ether oxygens (including phenoxy) is 1. The molecular weight excluding hydrogens is 276 g/mol. The van der Waals surface area contributed by atoms with E-state index in [9.17, 15) is 0 Å². The lowest BCUT2D eigenvalue weighted by Crippen LogP contribution is -2.23. The fourth-order valence-corrected chi connectivity index (χ4v) is 3.55. The van der Waals surface area contributed by atoms with Crippen LogP contribution in [-0.2, 0) is 4.74 Å². The summed E-state index contributed by atoms with van der Waals surface area (Å²) in [6.45, 7) is 4.91. The molecule has 3 heterocycles. The first-order valence-corrected chi connectivity index (χ1v) is 7.90. The molecule has 3 rings (SSSR count). The maximum absolute atomic E-state index is 5.58. The number of anilines is 2. The number of nitrogen functional groups attached to an aromatic ring is 1. The van der Waals surface area contributed by atoms with Gasteiger partial charge in [-0.1, -0.05) is 11.8 Å². The van der Waals surface area contributed by atoms with E-state index < -0.39 is 0 Å². The highest BCUT2D eigenvalue weighted by atomic mass is 32.2. The van der Waals surface area contributed by atoms with E-state index in [1.807, 2.05) is 0 Å². The van der Waals surface area contributed by atoms with E-state index in [2.05, 4.69) is 32.2 Å². The maximum atomic E-state index is 5.58. The molecule has 8 heteroatoms. The number of hydrogen-bond acceptors (Lipinski definition) is 8. The van der Waals surface area contributed by atoms with Gasteiger partial charge >= 0.3 is 0 Å². The smallest absolute Gasteiger partial charge is 0.242 e. The summed E-state index contributed by atoms with van der Waals surface area (Å²) in [5.74, 6) is 6.62. The molecule has 0 amide bonds. The Morgan fingerprint density at radius 3 is 2.75 bits per heavy atom. The fraction of sp³-hybridized carbons (Fsp3) is 0.750. The van der Waals surface area contributed by atoms with Crippen molar-refractivity contribution in [3.63, 3.8) is 0 Å². The van der Waals surface area contributed by atoms with E-state index in [1.54, 1.807) is 11.8 Å². The van der Waals surface area contributed by atoms with Crippen LogP contribution in [-0.4, -0.2) is 46.0 Å². The molecule has 2 saturated heterocycles. The number of hydrazine groups is 1. The number of nitrogens with one attached hydrogen (secondary N) is 1.